The van der Waals surface area contributed by atoms with E-state index < -0.39 is 11.9 Å². The summed E-state index contributed by atoms with van der Waals surface area (Å²) in [6, 6.07) is 3.74. The fourth-order valence-corrected chi connectivity index (χ4v) is 1.54. The molecule has 0 saturated heterocycles. The van der Waals surface area contributed by atoms with E-state index in [9.17, 15) is 4.39 Å². The van der Waals surface area contributed by atoms with Gasteiger partial charge in [-0.05, 0) is 12.1 Å². The molecule has 1 aromatic carbocycles. The Morgan fingerprint density at radius 2 is 2.12 bits per heavy atom. The Hall–Kier alpha value is -1.52. The molecule has 16 heavy (non-hydrogen) atoms. The first-order valence-electron chi connectivity index (χ1n) is 4.65. The predicted molar refractivity (Wildman–Crippen MR) is 59.5 cm³/mol. The molecule has 2 N–H and O–H groups in total. The molecule has 0 fully saturated rings. The minimum absolute atomic E-state index is 0.340. The van der Waals surface area contributed by atoms with Crippen LogP contribution in [0.4, 0.5) is 4.39 Å². The van der Waals surface area contributed by atoms with Gasteiger partial charge >= 0.3 is 0 Å². The first-order chi connectivity index (χ1) is 7.68. The van der Waals surface area contributed by atoms with Gasteiger partial charge < -0.3 is 5.73 Å². The number of aromatic nitrogens is 2. The summed E-state index contributed by atoms with van der Waals surface area (Å²) in [4.78, 5) is 7.92. The van der Waals surface area contributed by atoms with Gasteiger partial charge in [0.25, 0.3) is 0 Å². The van der Waals surface area contributed by atoms with Crippen LogP contribution < -0.4 is 5.73 Å². The van der Waals surface area contributed by atoms with E-state index in [1.54, 1.807) is 12.1 Å². The third kappa shape index (κ3) is 2.18. The Morgan fingerprint density at radius 3 is 2.75 bits per heavy atom. The highest BCUT2D eigenvalue weighted by molar-refractivity contribution is 6.30. The number of nitrogens with two attached hydrogens (primary N) is 1. The summed E-state index contributed by atoms with van der Waals surface area (Å²) < 4.78 is 13.6. The van der Waals surface area contributed by atoms with Crippen LogP contribution in [0.2, 0.25) is 5.02 Å². The molecular formula is C11H9ClFN3. The van der Waals surface area contributed by atoms with Crippen LogP contribution in [0.3, 0.4) is 0 Å². The molecule has 2 aromatic rings. The van der Waals surface area contributed by atoms with Gasteiger partial charge in [0.2, 0.25) is 0 Å². The topological polar surface area (TPSA) is 51.8 Å². The molecule has 0 radical (unpaired) electrons. The molecule has 0 bridgehead atoms. The molecule has 0 aliphatic rings. The maximum atomic E-state index is 13.6. The summed E-state index contributed by atoms with van der Waals surface area (Å²) in [6.45, 7) is 0. The number of nitrogens with zero attached hydrogens (tertiary/aromatic N) is 2. The van der Waals surface area contributed by atoms with Crippen molar-refractivity contribution in [2.45, 2.75) is 6.04 Å². The van der Waals surface area contributed by atoms with Crippen LogP contribution in [-0.4, -0.2) is 9.97 Å². The second kappa shape index (κ2) is 4.55. The van der Waals surface area contributed by atoms with E-state index in [1.165, 1.54) is 24.7 Å². The Bertz CT molecular complexity index is 490. The summed E-state index contributed by atoms with van der Waals surface area (Å²) >= 11 is 5.66. The summed E-state index contributed by atoms with van der Waals surface area (Å²) in [6.07, 6.45) is 4.57. The third-order valence-corrected chi connectivity index (χ3v) is 2.43. The van der Waals surface area contributed by atoms with Gasteiger partial charge in [-0.3, -0.25) is 9.97 Å². The molecule has 1 unspecified atom stereocenters. The van der Waals surface area contributed by atoms with E-state index in [0.29, 0.717) is 16.3 Å². The lowest BCUT2D eigenvalue weighted by Crippen LogP contribution is -2.15. The lowest BCUT2D eigenvalue weighted by atomic mass is 10.0. The number of hydrogen-bond donors (Lipinski definition) is 1. The number of rotatable bonds is 2. The van der Waals surface area contributed by atoms with Gasteiger partial charge in [0.1, 0.15) is 5.82 Å². The quantitative estimate of drug-likeness (QED) is 0.872. The van der Waals surface area contributed by atoms with E-state index >= 15 is 0 Å². The Labute approximate surface area is 97.1 Å². The molecule has 1 aromatic heterocycles. The predicted octanol–water partition coefficient (Wildman–Crippen LogP) is 2.32. The summed E-state index contributed by atoms with van der Waals surface area (Å²) in [5.74, 6) is -0.439. The second-order valence-corrected chi connectivity index (χ2v) is 3.71. The molecule has 0 aliphatic carbocycles. The molecule has 0 saturated carbocycles. The van der Waals surface area contributed by atoms with Crippen LogP contribution in [0, 0.1) is 5.82 Å². The summed E-state index contributed by atoms with van der Waals surface area (Å²) in [5, 5.41) is 0.340. The Balaban J connectivity index is 2.38. The van der Waals surface area contributed by atoms with Gasteiger partial charge in [-0.1, -0.05) is 17.7 Å². The van der Waals surface area contributed by atoms with Crippen molar-refractivity contribution in [1.82, 2.24) is 9.97 Å². The molecule has 3 nitrogen and oxygen atoms in total. The van der Waals surface area contributed by atoms with Crippen molar-refractivity contribution in [3.63, 3.8) is 0 Å². The second-order valence-electron chi connectivity index (χ2n) is 3.27. The van der Waals surface area contributed by atoms with Gasteiger partial charge in [-0.15, -0.1) is 0 Å². The third-order valence-electron chi connectivity index (χ3n) is 2.20. The van der Waals surface area contributed by atoms with Crippen molar-refractivity contribution >= 4 is 11.6 Å². The molecular weight excluding hydrogens is 229 g/mol. The highest BCUT2D eigenvalue weighted by atomic mass is 35.5. The Kier molecular flexibility index (Phi) is 3.12. The van der Waals surface area contributed by atoms with E-state index in [0.717, 1.165) is 0 Å². The molecule has 1 atom stereocenters. The first kappa shape index (κ1) is 11.0. The average Bonchev–Trinajstić information content (AvgIpc) is 2.29. The maximum Gasteiger partial charge on any atom is 0.129 e. The molecule has 82 valence electrons. The highest BCUT2D eigenvalue weighted by Gasteiger charge is 2.14. The fraction of sp³-hybridized carbons (Fsp3) is 0.0909. The van der Waals surface area contributed by atoms with Gasteiger partial charge in [0.15, 0.2) is 0 Å². The largest absolute Gasteiger partial charge is 0.319 e. The SMILES string of the molecule is NC(c1cnccn1)c1ccc(Cl)cc1F. The van der Waals surface area contributed by atoms with Crippen molar-refractivity contribution in [3.05, 3.63) is 58.9 Å². The van der Waals surface area contributed by atoms with Gasteiger partial charge in [0.05, 0.1) is 17.9 Å². The zero-order valence-corrected chi connectivity index (χ0v) is 9.03. The van der Waals surface area contributed by atoms with Crippen LogP contribution in [0.5, 0.6) is 0 Å². The zero-order chi connectivity index (χ0) is 11.5. The van der Waals surface area contributed by atoms with Crippen molar-refractivity contribution < 1.29 is 4.39 Å². The molecule has 0 aliphatic heterocycles. The van der Waals surface area contributed by atoms with Crippen molar-refractivity contribution in [2.24, 2.45) is 5.73 Å². The fourth-order valence-electron chi connectivity index (χ4n) is 1.38. The molecule has 0 amide bonds. The van der Waals surface area contributed by atoms with Crippen LogP contribution in [0.15, 0.2) is 36.8 Å². The highest BCUT2D eigenvalue weighted by Crippen LogP contribution is 2.22. The Morgan fingerprint density at radius 1 is 1.31 bits per heavy atom. The van der Waals surface area contributed by atoms with Gasteiger partial charge in [-0.2, -0.15) is 0 Å². The molecule has 0 spiro atoms. The summed E-state index contributed by atoms with van der Waals surface area (Å²) in [5.41, 5.74) is 6.75. The minimum Gasteiger partial charge on any atom is -0.319 e. The van der Waals surface area contributed by atoms with Gasteiger partial charge in [-0.25, -0.2) is 4.39 Å². The average molecular weight is 238 g/mol. The van der Waals surface area contributed by atoms with E-state index in [2.05, 4.69) is 9.97 Å². The van der Waals surface area contributed by atoms with Crippen molar-refractivity contribution in [1.29, 1.82) is 0 Å². The molecule has 1 heterocycles. The van der Waals surface area contributed by atoms with E-state index in [-0.39, 0.29) is 0 Å². The standard InChI is InChI=1S/C11H9ClFN3/c12-7-1-2-8(9(13)5-7)11(14)10-6-15-3-4-16-10/h1-6,11H,14H2. The molecule has 2 rings (SSSR count). The van der Waals surface area contributed by atoms with Gasteiger partial charge in [0, 0.05) is 23.0 Å². The zero-order valence-electron chi connectivity index (χ0n) is 8.27. The van der Waals surface area contributed by atoms with Crippen molar-refractivity contribution in [2.75, 3.05) is 0 Å². The van der Waals surface area contributed by atoms with Crippen LogP contribution in [0.1, 0.15) is 17.3 Å². The number of hydrogen-bond acceptors (Lipinski definition) is 3. The number of halogens is 2. The summed E-state index contributed by atoms with van der Waals surface area (Å²) in [7, 11) is 0. The maximum absolute atomic E-state index is 13.6. The van der Waals surface area contributed by atoms with E-state index in [4.69, 9.17) is 17.3 Å². The monoisotopic (exact) mass is 237 g/mol. The lowest BCUT2D eigenvalue weighted by Gasteiger charge is -2.11. The molecule has 5 heteroatoms. The van der Waals surface area contributed by atoms with Crippen molar-refractivity contribution in [3.8, 4) is 0 Å². The smallest absolute Gasteiger partial charge is 0.129 e. The lowest BCUT2D eigenvalue weighted by molar-refractivity contribution is 0.597. The van der Waals surface area contributed by atoms with Crippen LogP contribution in [-0.2, 0) is 0 Å². The van der Waals surface area contributed by atoms with Crippen LogP contribution >= 0.6 is 11.6 Å². The minimum atomic E-state index is -0.633. The van der Waals surface area contributed by atoms with E-state index in [1.807, 2.05) is 0 Å². The number of benzene rings is 1. The first-order valence-corrected chi connectivity index (χ1v) is 5.02. The normalized spacial score (nSPS) is 12.4. The van der Waals surface area contributed by atoms with Crippen LogP contribution in [0.25, 0.3) is 0 Å².